The number of hydrogen-bond acceptors (Lipinski definition) is 10. The topological polar surface area (TPSA) is 95.0 Å². The van der Waals surface area contributed by atoms with Crippen LogP contribution in [0.2, 0.25) is 0 Å². The Morgan fingerprint density at radius 3 is 1.47 bits per heavy atom. The second-order valence-corrected chi connectivity index (χ2v) is 17.0. The number of ether oxygens (including phenoxy) is 4. The first kappa shape index (κ1) is 37.2. The molecule has 10 heteroatoms. The maximum Gasteiger partial charge on any atom is 0.242 e. The number of pyridine rings is 2. The Morgan fingerprint density at radius 2 is 1.07 bits per heavy atom. The van der Waals surface area contributed by atoms with Crippen LogP contribution in [0, 0.1) is 23.7 Å². The number of benzene rings is 3. The van der Waals surface area contributed by atoms with Gasteiger partial charge in [0.25, 0.3) is 0 Å². The van der Waals surface area contributed by atoms with Crippen molar-refractivity contribution in [2.75, 3.05) is 40.4 Å². The molecule has 3 aromatic heterocycles. The van der Waals surface area contributed by atoms with Gasteiger partial charge in [-0.3, -0.25) is 19.8 Å². The Morgan fingerprint density at radius 1 is 0.603 bits per heavy atom. The molecule has 58 heavy (non-hydrogen) atoms. The summed E-state index contributed by atoms with van der Waals surface area (Å²) in [5, 5.41) is 13.7. The van der Waals surface area contributed by atoms with E-state index in [0.717, 1.165) is 94.2 Å². The van der Waals surface area contributed by atoms with Crippen LogP contribution in [0.1, 0.15) is 75.7 Å². The molecule has 6 aliphatic heterocycles. The van der Waals surface area contributed by atoms with Crippen molar-refractivity contribution >= 4 is 32.6 Å². The third-order valence-corrected chi connectivity index (χ3v) is 14.3. The van der Waals surface area contributed by atoms with Gasteiger partial charge in [0.2, 0.25) is 11.8 Å². The van der Waals surface area contributed by atoms with Gasteiger partial charge in [0.15, 0.2) is 0 Å². The fourth-order valence-electron chi connectivity index (χ4n) is 11.1. The molecule has 10 nitrogen and oxygen atoms in total. The van der Waals surface area contributed by atoms with Gasteiger partial charge < -0.3 is 18.9 Å². The van der Waals surface area contributed by atoms with Crippen LogP contribution in [0.15, 0.2) is 85.2 Å². The first-order chi connectivity index (χ1) is 28.5. The maximum absolute atomic E-state index is 7.30. The average Bonchev–Trinajstić information content (AvgIpc) is 3.29. The third-order valence-electron chi connectivity index (χ3n) is 14.3. The van der Waals surface area contributed by atoms with Crippen molar-refractivity contribution in [1.82, 2.24) is 30.0 Å². The highest BCUT2D eigenvalue weighted by molar-refractivity contribution is 5.91. The van der Waals surface area contributed by atoms with Crippen molar-refractivity contribution in [2.45, 2.75) is 76.7 Å². The Bertz CT molecular complexity index is 2280. The minimum absolute atomic E-state index is 0.180. The summed E-state index contributed by atoms with van der Waals surface area (Å²) in [6, 6.07) is 25.1. The van der Waals surface area contributed by atoms with Gasteiger partial charge in [-0.1, -0.05) is 38.8 Å². The minimum Gasteiger partial charge on any atom is -0.497 e. The number of hydrogen-bond donors (Lipinski definition) is 0. The predicted octanol–water partition coefficient (Wildman–Crippen LogP) is 9.22. The second kappa shape index (κ2) is 15.6. The van der Waals surface area contributed by atoms with Crippen LogP contribution in [0.3, 0.4) is 0 Å². The Balaban J connectivity index is 1.06. The molecule has 300 valence electrons. The molecule has 0 spiro atoms. The zero-order valence-corrected chi connectivity index (χ0v) is 34.1. The lowest BCUT2D eigenvalue weighted by Gasteiger charge is -2.52. The molecule has 0 aliphatic carbocycles. The summed E-state index contributed by atoms with van der Waals surface area (Å²) in [5.74, 6) is 5.39. The first-order valence-electron chi connectivity index (χ1n) is 21.5. The van der Waals surface area contributed by atoms with Crippen molar-refractivity contribution in [3.05, 3.63) is 96.3 Å². The zero-order valence-electron chi connectivity index (χ0n) is 34.1. The molecule has 0 saturated carbocycles. The van der Waals surface area contributed by atoms with E-state index < -0.39 is 0 Å². The SMILES string of the molecule is CCC1CN2CC[C@H]1C[C@H]2[C@H](Oc1nnc(O[C@H](c2ccnc3ccc(OC)cc23)[C@@H]2C[C@@H]3CCN2CC3CC)c2ccccc12)c1ccnc2ccc(OC)cc12. The largest absolute Gasteiger partial charge is 0.497 e. The van der Waals surface area contributed by atoms with Crippen molar-refractivity contribution < 1.29 is 18.9 Å². The van der Waals surface area contributed by atoms with Gasteiger partial charge in [-0.2, -0.15) is 0 Å². The van der Waals surface area contributed by atoms with Gasteiger partial charge in [0.1, 0.15) is 23.7 Å². The third kappa shape index (κ3) is 6.58. The predicted molar refractivity (Wildman–Crippen MR) is 227 cm³/mol. The number of piperidine rings is 6. The lowest BCUT2D eigenvalue weighted by molar-refractivity contribution is -0.0505. The van der Waals surface area contributed by atoms with Gasteiger partial charge in [0, 0.05) is 47.4 Å². The monoisotopic (exact) mass is 778 g/mol. The summed E-state index contributed by atoms with van der Waals surface area (Å²) in [4.78, 5) is 14.8. The van der Waals surface area contributed by atoms with E-state index in [4.69, 9.17) is 39.1 Å². The lowest BCUT2D eigenvalue weighted by Crippen LogP contribution is -2.56. The summed E-state index contributed by atoms with van der Waals surface area (Å²) in [5.41, 5.74) is 4.01. The molecule has 4 unspecified atom stereocenters. The highest BCUT2D eigenvalue weighted by Gasteiger charge is 2.46. The fraction of sp³-hybridized carbons (Fsp3) is 0.458. The number of fused-ring (bicyclic) bond motifs is 9. The Hall–Kier alpha value is -5.06. The molecule has 6 saturated heterocycles. The molecule has 4 bridgehead atoms. The highest BCUT2D eigenvalue weighted by Crippen LogP contribution is 2.47. The van der Waals surface area contributed by atoms with E-state index in [1.165, 1.54) is 25.7 Å². The van der Waals surface area contributed by atoms with Crippen LogP contribution in [-0.4, -0.2) is 82.4 Å². The van der Waals surface area contributed by atoms with Gasteiger partial charge in [-0.15, -0.1) is 10.2 Å². The fourth-order valence-corrected chi connectivity index (χ4v) is 11.1. The van der Waals surface area contributed by atoms with Crippen LogP contribution in [0.4, 0.5) is 0 Å². The zero-order chi connectivity index (χ0) is 39.3. The van der Waals surface area contributed by atoms with E-state index in [9.17, 15) is 0 Å². The van der Waals surface area contributed by atoms with Crippen LogP contribution >= 0.6 is 0 Å². The smallest absolute Gasteiger partial charge is 0.242 e. The molecular formula is C48H54N6O4. The molecule has 6 aliphatic rings. The first-order valence-corrected chi connectivity index (χ1v) is 21.5. The number of rotatable bonds is 12. The van der Waals surface area contributed by atoms with E-state index in [2.05, 4.69) is 72.2 Å². The number of nitrogens with zero attached hydrogens (tertiary/aromatic N) is 6. The summed E-state index contributed by atoms with van der Waals surface area (Å²) in [6.45, 7) is 9.00. The van der Waals surface area contributed by atoms with Crippen molar-refractivity contribution in [3.8, 4) is 23.3 Å². The standard InChI is InChI=1S/C48H54N6O4/c1-5-29-27-53-21-17-31(29)23-43(53)45(35-15-19-49-41-13-11-33(55-3)25-39(35)41)57-47-37-9-7-8-10-38(37)48(52-51-47)58-46(44-24-32-18-22-54(44)28-30(32)6-2)36-16-20-50-42-14-12-34(56-4)26-40(36)42/h7-16,19-20,25-26,29-32,43-46H,5-6,17-18,21-24,27-28H2,1-4H3/t29?,30?,31-,32-,43-,44-,45+,46+/m0/s1. The van der Waals surface area contributed by atoms with Gasteiger partial charge >= 0.3 is 0 Å². The molecule has 0 N–H and O–H groups in total. The van der Waals surface area contributed by atoms with Crippen molar-refractivity contribution in [3.63, 3.8) is 0 Å². The molecule has 9 heterocycles. The number of aromatic nitrogens is 4. The molecule has 3 aromatic carbocycles. The van der Waals surface area contributed by atoms with E-state index in [0.29, 0.717) is 35.4 Å². The molecule has 6 aromatic rings. The van der Waals surface area contributed by atoms with Gasteiger partial charge in [-0.25, -0.2) is 0 Å². The van der Waals surface area contributed by atoms with Crippen LogP contribution < -0.4 is 18.9 Å². The molecule has 0 radical (unpaired) electrons. The highest BCUT2D eigenvalue weighted by atomic mass is 16.5. The maximum atomic E-state index is 7.30. The molecule has 10 atom stereocenters. The second-order valence-electron chi connectivity index (χ2n) is 17.0. The molecule has 0 amide bonds. The average molecular weight is 779 g/mol. The molecular weight excluding hydrogens is 725 g/mol. The molecule has 6 fully saturated rings. The van der Waals surface area contributed by atoms with E-state index >= 15 is 0 Å². The summed E-state index contributed by atoms with van der Waals surface area (Å²) < 4.78 is 26.0. The van der Waals surface area contributed by atoms with Crippen LogP contribution in [0.5, 0.6) is 23.3 Å². The van der Waals surface area contributed by atoms with Gasteiger partial charge in [0.05, 0.1) is 48.1 Å². The van der Waals surface area contributed by atoms with Crippen LogP contribution in [-0.2, 0) is 0 Å². The van der Waals surface area contributed by atoms with Crippen molar-refractivity contribution in [2.24, 2.45) is 23.7 Å². The van der Waals surface area contributed by atoms with E-state index in [1.54, 1.807) is 14.2 Å². The summed E-state index contributed by atoms with van der Waals surface area (Å²) in [6.07, 6.45) is 10.2. The number of methoxy groups -OCH3 is 2. The quantitative estimate of drug-likeness (QED) is 0.120. The minimum atomic E-state index is -0.300. The van der Waals surface area contributed by atoms with E-state index in [1.807, 2.05) is 36.7 Å². The molecule has 12 rings (SSSR count). The van der Waals surface area contributed by atoms with Gasteiger partial charge in [-0.05, 0) is 123 Å². The summed E-state index contributed by atoms with van der Waals surface area (Å²) >= 11 is 0. The van der Waals surface area contributed by atoms with Crippen LogP contribution in [0.25, 0.3) is 32.6 Å². The van der Waals surface area contributed by atoms with Crippen molar-refractivity contribution in [1.29, 1.82) is 0 Å². The Kier molecular flexibility index (Phi) is 10.0. The Labute approximate surface area is 340 Å². The summed E-state index contributed by atoms with van der Waals surface area (Å²) in [7, 11) is 3.42. The lowest BCUT2D eigenvalue weighted by atomic mass is 9.72. The van der Waals surface area contributed by atoms with E-state index in [-0.39, 0.29) is 24.3 Å². The normalized spacial score (nSPS) is 27.4.